The van der Waals surface area contributed by atoms with Crippen LogP contribution in [0.25, 0.3) is 11.0 Å². The zero-order valence-corrected chi connectivity index (χ0v) is 17.0. The van der Waals surface area contributed by atoms with E-state index in [1.807, 2.05) is 12.1 Å². The molecule has 3 heteroatoms. The van der Waals surface area contributed by atoms with Crippen molar-refractivity contribution in [1.29, 1.82) is 0 Å². The Morgan fingerprint density at radius 3 is 2.24 bits per heavy atom. The van der Waals surface area contributed by atoms with Gasteiger partial charge in [-0.3, -0.25) is 0 Å². The summed E-state index contributed by atoms with van der Waals surface area (Å²) < 4.78 is 18.5. The van der Waals surface area contributed by atoms with Gasteiger partial charge in [-0.25, -0.2) is 0 Å². The summed E-state index contributed by atoms with van der Waals surface area (Å²) in [5.41, 5.74) is 3.52. The smallest absolute Gasteiger partial charge is 0.289 e. The summed E-state index contributed by atoms with van der Waals surface area (Å²) in [5.74, 6) is 4.22. The van der Waals surface area contributed by atoms with Gasteiger partial charge < -0.3 is 13.9 Å². The molecule has 4 fully saturated rings. The summed E-state index contributed by atoms with van der Waals surface area (Å²) in [5, 5.41) is 1.14. The second kappa shape index (κ2) is 6.55. The molecule has 2 aromatic carbocycles. The second-order valence-electron chi connectivity index (χ2n) is 9.57. The fourth-order valence-corrected chi connectivity index (χ4v) is 6.99. The Kier molecular flexibility index (Phi) is 3.94. The quantitative estimate of drug-likeness (QED) is 0.501. The van der Waals surface area contributed by atoms with Crippen molar-refractivity contribution < 1.29 is 13.9 Å². The molecule has 1 heterocycles. The Morgan fingerprint density at radius 1 is 0.897 bits per heavy atom. The molecule has 4 bridgehead atoms. The predicted molar refractivity (Wildman–Crippen MR) is 113 cm³/mol. The second-order valence-corrected chi connectivity index (χ2v) is 9.57. The van der Waals surface area contributed by atoms with E-state index >= 15 is 0 Å². The number of rotatable bonds is 5. The molecule has 150 valence electrons. The van der Waals surface area contributed by atoms with Crippen molar-refractivity contribution in [2.75, 3.05) is 7.11 Å². The van der Waals surface area contributed by atoms with E-state index in [9.17, 15) is 0 Å². The molecule has 0 radical (unpaired) electrons. The molecule has 0 N–H and O–H groups in total. The maximum absolute atomic E-state index is 6.37. The lowest BCUT2D eigenvalue weighted by Crippen LogP contribution is -2.48. The highest BCUT2D eigenvalue weighted by atomic mass is 16.6. The highest BCUT2D eigenvalue weighted by Gasteiger charge is 2.54. The van der Waals surface area contributed by atoms with Gasteiger partial charge in [-0.05, 0) is 74.0 Å². The van der Waals surface area contributed by atoms with Gasteiger partial charge in [-0.1, -0.05) is 36.4 Å². The first-order valence-corrected chi connectivity index (χ1v) is 11.0. The maximum atomic E-state index is 6.37. The van der Waals surface area contributed by atoms with Gasteiger partial charge in [-0.2, -0.15) is 0 Å². The van der Waals surface area contributed by atoms with Crippen LogP contribution >= 0.6 is 0 Å². The molecule has 4 saturated carbocycles. The molecule has 29 heavy (non-hydrogen) atoms. The standard InChI is InChI=1S/C26H28O3/c1-27-21-8-5-9-22-23(21)24(25(29-22)28-16-17-6-3-2-4-7-17)26-13-18-10-19(14-26)12-20(11-18)15-26/h2-9,18-20H,10-16H2,1H3. The molecule has 0 aliphatic heterocycles. The van der Waals surface area contributed by atoms with Gasteiger partial charge in [-0.15, -0.1) is 0 Å². The number of hydrogen-bond donors (Lipinski definition) is 0. The molecule has 4 aliphatic carbocycles. The van der Waals surface area contributed by atoms with Crippen LogP contribution in [0.1, 0.15) is 49.7 Å². The molecule has 1 aromatic heterocycles. The van der Waals surface area contributed by atoms with Gasteiger partial charge in [0.1, 0.15) is 17.9 Å². The molecule has 0 amide bonds. The molecule has 4 aliphatic rings. The van der Waals surface area contributed by atoms with E-state index in [1.165, 1.54) is 44.1 Å². The normalized spacial score (nSPS) is 30.0. The highest BCUT2D eigenvalue weighted by Crippen LogP contribution is 2.63. The molecule has 0 spiro atoms. The fraction of sp³-hybridized carbons (Fsp3) is 0.462. The van der Waals surface area contributed by atoms with Gasteiger partial charge in [0.15, 0.2) is 0 Å². The minimum atomic E-state index is 0.181. The van der Waals surface area contributed by atoms with Crippen molar-refractivity contribution >= 4 is 11.0 Å². The van der Waals surface area contributed by atoms with Crippen LogP contribution in [-0.2, 0) is 12.0 Å². The van der Waals surface area contributed by atoms with Crippen LogP contribution in [0, 0.1) is 17.8 Å². The first-order valence-electron chi connectivity index (χ1n) is 11.0. The monoisotopic (exact) mass is 388 g/mol. The van der Waals surface area contributed by atoms with Crippen molar-refractivity contribution in [3.63, 3.8) is 0 Å². The highest BCUT2D eigenvalue weighted by molar-refractivity contribution is 5.90. The molecular weight excluding hydrogens is 360 g/mol. The van der Waals surface area contributed by atoms with Gasteiger partial charge >= 0.3 is 0 Å². The van der Waals surface area contributed by atoms with Crippen molar-refractivity contribution in [3.8, 4) is 11.7 Å². The Hall–Kier alpha value is -2.42. The van der Waals surface area contributed by atoms with Gasteiger partial charge in [0.05, 0.1) is 18.1 Å². The van der Waals surface area contributed by atoms with Crippen LogP contribution in [0.4, 0.5) is 0 Å². The van der Waals surface area contributed by atoms with Crippen LogP contribution in [0.2, 0.25) is 0 Å². The number of hydrogen-bond acceptors (Lipinski definition) is 3. The largest absolute Gasteiger partial charge is 0.496 e. The maximum Gasteiger partial charge on any atom is 0.289 e. The summed E-state index contributed by atoms with van der Waals surface area (Å²) in [6.07, 6.45) is 8.08. The zero-order valence-electron chi connectivity index (χ0n) is 17.0. The summed E-state index contributed by atoms with van der Waals surface area (Å²) in [7, 11) is 1.76. The third-order valence-corrected chi connectivity index (χ3v) is 7.65. The van der Waals surface area contributed by atoms with Crippen molar-refractivity contribution in [1.82, 2.24) is 0 Å². The number of ether oxygens (including phenoxy) is 2. The van der Waals surface area contributed by atoms with Crippen LogP contribution < -0.4 is 9.47 Å². The predicted octanol–water partition coefficient (Wildman–Crippen LogP) is 6.49. The number of methoxy groups -OCH3 is 1. The summed E-state index contributed by atoms with van der Waals surface area (Å²) in [6.45, 7) is 0.530. The average molecular weight is 389 g/mol. The molecular formula is C26H28O3. The first-order chi connectivity index (χ1) is 14.2. The number of benzene rings is 2. The Bertz CT molecular complexity index is 998. The third kappa shape index (κ3) is 2.78. The van der Waals surface area contributed by atoms with E-state index in [1.54, 1.807) is 7.11 Å². The number of furan rings is 1. The van der Waals surface area contributed by atoms with E-state index in [0.717, 1.165) is 46.0 Å². The van der Waals surface area contributed by atoms with Crippen molar-refractivity contribution in [2.24, 2.45) is 17.8 Å². The first kappa shape index (κ1) is 17.4. The van der Waals surface area contributed by atoms with Crippen molar-refractivity contribution in [2.45, 2.75) is 50.5 Å². The van der Waals surface area contributed by atoms with E-state index in [0.29, 0.717) is 6.61 Å². The van der Waals surface area contributed by atoms with Crippen molar-refractivity contribution in [3.05, 3.63) is 59.7 Å². The molecule has 3 aromatic rings. The van der Waals surface area contributed by atoms with E-state index < -0.39 is 0 Å². The fourth-order valence-electron chi connectivity index (χ4n) is 6.99. The molecule has 0 atom stereocenters. The topological polar surface area (TPSA) is 31.6 Å². The molecule has 7 rings (SSSR count). The Morgan fingerprint density at radius 2 is 1.59 bits per heavy atom. The molecule has 3 nitrogen and oxygen atoms in total. The van der Waals surface area contributed by atoms with Gasteiger partial charge in [0.2, 0.25) is 0 Å². The van der Waals surface area contributed by atoms with E-state index in [-0.39, 0.29) is 5.41 Å². The number of fused-ring (bicyclic) bond motifs is 1. The SMILES string of the molecule is COc1cccc2oc(OCc3ccccc3)c(C34CC5CC(CC(C5)C3)C4)c12. The van der Waals surface area contributed by atoms with E-state index in [2.05, 4.69) is 36.4 Å². The summed E-state index contributed by atoms with van der Waals surface area (Å²) in [4.78, 5) is 0. The molecule has 0 saturated heterocycles. The lowest BCUT2D eigenvalue weighted by Gasteiger charge is -2.56. The lowest BCUT2D eigenvalue weighted by molar-refractivity contribution is -0.00669. The van der Waals surface area contributed by atoms with Gasteiger partial charge in [0.25, 0.3) is 5.95 Å². The van der Waals surface area contributed by atoms with Crippen LogP contribution in [0.15, 0.2) is 52.9 Å². The minimum Gasteiger partial charge on any atom is -0.496 e. The van der Waals surface area contributed by atoms with E-state index in [4.69, 9.17) is 13.9 Å². The Labute approximate surface area is 172 Å². The minimum absolute atomic E-state index is 0.181. The summed E-state index contributed by atoms with van der Waals surface area (Å²) >= 11 is 0. The van der Waals surface area contributed by atoms with Gasteiger partial charge in [0, 0.05) is 5.41 Å². The summed E-state index contributed by atoms with van der Waals surface area (Å²) in [6, 6.07) is 16.5. The Balaban J connectivity index is 1.48. The zero-order chi connectivity index (χ0) is 19.4. The van der Waals surface area contributed by atoms with Crippen LogP contribution in [0.5, 0.6) is 11.7 Å². The third-order valence-electron chi connectivity index (χ3n) is 7.65. The van der Waals surface area contributed by atoms with Crippen LogP contribution in [0.3, 0.4) is 0 Å². The molecule has 0 unspecified atom stereocenters. The van der Waals surface area contributed by atoms with Crippen LogP contribution in [-0.4, -0.2) is 7.11 Å². The lowest BCUT2D eigenvalue weighted by atomic mass is 9.48. The average Bonchev–Trinajstić information content (AvgIpc) is 3.11.